The van der Waals surface area contributed by atoms with Crippen molar-refractivity contribution in [2.75, 3.05) is 6.61 Å². The second-order valence-corrected chi connectivity index (χ2v) is 2.89. The van der Waals surface area contributed by atoms with Crippen molar-refractivity contribution in [1.29, 1.82) is 5.26 Å². The quantitative estimate of drug-likeness (QED) is 0.574. The summed E-state index contributed by atoms with van der Waals surface area (Å²) in [4.78, 5) is 11.1. The zero-order chi connectivity index (χ0) is 11.8. The Labute approximate surface area is 93.7 Å². The van der Waals surface area contributed by atoms with Gasteiger partial charge in [0.15, 0.2) is 0 Å². The maximum Gasteiger partial charge on any atom is 0.510 e. The van der Waals surface area contributed by atoms with E-state index in [1.165, 1.54) is 6.08 Å². The maximum absolute atomic E-state index is 11.1. The second-order valence-electron chi connectivity index (χ2n) is 2.89. The molecule has 0 fully saturated rings. The molecule has 16 heavy (non-hydrogen) atoms. The van der Waals surface area contributed by atoms with E-state index in [-0.39, 0.29) is 6.61 Å². The zero-order valence-electron chi connectivity index (χ0n) is 8.63. The fourth-order valence-electron chi connectivity index (χ4n) is 1.05. The Hall–Kier alpha value is -2.28. The summed E-state index contributed by atoms with van der Waals surface area (Å²) in [7, 11) is 0. The first-order chi connectivity index (χ1) is 7.77. The molecular weight excluding hydrogens is 206 g/mol. The Bertz CT molecular complexity index is 394. The SMILES string of the molecule is C=CCOC(=O)OC(C#N)c1ccccc1. The van der Waals surface area contributed by atoms with Crippen LogP contribution in [0.2, 0.25) is 0 Å². The van der Waals surface area contributed by atoms with Crippen molar-refractivity contribution < 1.29 is 14.3 Å². The third-order valence-electron chi connectivity index (χ3n) is 1.75. The fourth-order valence-corrected chi connectivity index (χ4v) is 1.05. The molecule has 0 spiro atoms. The minimum atomic E-state index is -0.946. The Morgan fingerprint density at radius 1 is 1.50 bits per heavy atom. The van der Waals surface area contributed by atoms with Crippen LogP contribution in [0.25, 0.3) is 0 Å². The first kappa shape index (κ1) is 11.8. The van der Waals surface area contributed by atoms with Crippen molar-refractivity contribution in [3.63, 3.8) is 0 Å². The number of carbonyl (C=O) groups excluding carboxylic acids is 1. The van der Waals surface area contributed by atoms with Gasteiger partial charge in [-0.2, -0.15) is 5.26 Å². The predicted molar refractivity (Wildman–Crippen MR) is 57.4 cm³/mol. The van der Waals surface area contributed by atoms with Crippen LogP contribution in [-0.2, 0) is 9.47 Å². The molecule has 0 bridgehead atoms. The molecule has 0 saturated heterocycles. The van der Waals surface area contributed by atoms with E-state index in [1.54, 1.807) is 24.3 Å². The Balaban J connectivity index is 2.60. The predicted octanol–water partition coefficient (Wildman–Crippen LogP) is 2.59. The van der Waals surface area contributed by atoms with Crippen molar-refractivity contribution in [2.45, 2.75) is 6.10 Å². The molecule has 4 nitrogen and oxygen atoms in total. The molecule has 4 heteroatoms. The summed E-state index contributed by atoms with van der Waals surface area (Å²) < 4.78 is 9.43. The molecule has 1 aromatic carbocycles. The maximum atomic E-state index is 11.1. The lowest BCUT2D eigenvalue weighted by atomic mass is 10.1. The Kier molecular flexibility index (Phi) is 4.61. The van der Waals surface area contributed by atoms with Gasteiger partial charge in [-0.3, -0.25) is 0 Å². The van der Waals surface area contributed by atoms with Gasteiger partial charge in [-0.05, 0) is 0 Å². The van der Waals surface area contributed by atoms with Gasteiger partial charge in [0.25, 0.3) is 0 Å². The van der Waals surface area contributed by atoms with Crippen molar-refractivity contribution in [3.05, 3.63) is 48.6 Å². The van der Waals surface area contributed by atoms with E-state index in [2.05, 4.69) is 11.3 Å². The summed E-state index contributed by atoms with van der Waals surface area (Å²) in [6.07, 6.45) is -0.403. The normalized spacial score (nSPS) is 10.9. The molecule has 0 heterocycles. The topological polar surface area (TPSA) is 59.3 Å². The van der Waals surface area contributed by atoms with Gasteiger partial charge in [0.05, 0.1) is 0 Å². The number of hydrogen-bond acceptors (Lipinski definition) is 4. The highest BCUT2D eigenvalue weighted by molar-refractivity contribution is 5.61. The number of benzene rings is 1. The molecule has 0 aromatic heterocycles. The highest BCUT2D eigenvalue weighted by atomic mass is 16.7. The molecule has 0 aliphatic rings. The van der Waals surface area contributed by atoms with Gasteiger partial charge in [0.1, 0.15) is 12.7 Å². The number of carbonyl (C=O) groups is 1. The molecule has 0 aliphatic heterocycles. The molecule has 82 valence electrons. The second kappa shape index (κ2) is 6.25. The van der Waals surface area contributed by atoms with Gasteiger partial charge in [-0.15, -0.1) is 0 Å². The van der Waals surface area contributed by atoms with E-state index in [0.717, 1.165) is 0 Å². The monoisotopic (exact) mass is 217 g/mol. The minimum Gasteiger partial charge on any atom is -0.430 e. The van der Waals surface area contributed by atoms with E-state index >= 15 is 0 Å². The average molecular weight is 217 g/mol. The summed E-state index contributed by atoms with van der Waals surface area (Å²) in [5, 5.41) is 8.85. The van der Waals surface area contributed by atoms with Gasteiger partial charge in [0.2, 0.25) is 6.10 Å². The zero-order valence-corrected chi connectivity index (χ0v) is 8.63. The van der Waals surface area contributed by atoms with E-state index in [9.17, 15) is 4.79 Å². The third kappa shape index (κ3) is 3.46. The van der Waals surface area contributed by atoms with E-state index in [4.69, 9.17) is 10.00 Å². The Morgan fingerprint density at radius 2 is 2.19 bits per heavy atom. The summed E-state index contributed by atoms with van der Waals surface area (Å²) >= 11 is 0. The van der Waals surface area contributed by atoms with E-state index in [1.807, 2.05) is 12.1 Å². The Morgan fingerprint density at radius 3 is 2.75 bits per heavy atom. The van der Waals surface area contributed by atoms with Crippen molar-refractivity contribution >= 4 is 6.16 Å². The van der Waals surface area contributed by atoms with Crippen molar-refractivity contribution in [1.82, 2.24) is 0 Å². The number of nitriles is 1. The number of ether oxygens (including phenoxy) is 2. The third-order valence-corrected chi connectivity index (χ3v) is 1.75. The van der Waals surface area contributed by atoms with Crippen LogP contribution in [0.5, 0.6) is 0 Å². The van der Waals surface area contributed by atoms with Gasteiger partial charge >= 0.3 is 6.16 Å². The molecular formula is C12H11NO3. The standard InChI is InChI=1S/C12H11NO3/c1-2-8-15-12(14)16-11(9-13)10-6-4-3-5-7-10/h2-7,11H,1,8H2. The molecule has 1 unspecified atom stereocenters. The average Bonchev–Trinajstić information content (AvgIpc) is 2.34. The molecule has 0 amide bonds. The summed E-state index contributed by atoms with van der Waals surface area (Å²) in [5.41, 5.74) is 0.612. The summed E-state index contributed by atoms with van der Waals surface area (Å²) in [6.45, 7) is 3.45. The molecule has 1 atom stereocenters. The molecule has 0 radical (unpaired) electrons. The van der Waals surface area contributed by atoms with Crippen molar-refractivity contribution in [3.8, 4) is 6.07 Å². The first-order valence-electron chi connectivity index (χ1n) is 4.66. The molecule has 1 aromatic rings. The van der Waals surface area contributed by atoms with E-state index in [0.29, 0.717) is 5.56 Å². The molecule has 0 N–H and O–H groups in total. The highest BCUT2D eigenvalue weighted by Crippen LogP contribution is 2.16. The minimum absolute atomic E-state index is 0.0613. The number of hydrogen-bond donors (Lipinski definition) is 0. The van der Waals surface area contributed by atoms with E-state index < -0.39 is 12.3 Å². The lowest BCUT2D eigenvalue weighted by Gasteiger charge is -2.10. The van der Waals surface area contributed by atoms with Crippen LogP contribution in [-0.4, -0.2) is 12.8 Å². The smallest absolute Gasteiger partial charge is 0.430 e. The van der Waals surface area contributed by atoms with Crippen molar-refractivity contribution in [2.24, 2.45) is 0 Å². The van der Waals surface area contributed by atoms with Crippen LogP contribution < -0.4 is 0 Å². The van der Waals surface area contributed by atoms with Crippen LogP contribution in [0.3, 0.4) is 0 Å². The van der Waals surface area contributed by atoms with Gasteiger partial charge in [-0.25, -0.2) is 4.79 Å². The van der Waals surface area contributed by atoms with Crippen LogP contribution in [0.4, 0.5) is 4.79 Å². The lowest BCUT2D eigenvalue weighted by Crippen LogP contribution is -2.11. The number of rotatable bonds is 4. The van der Waals surface area contributed by atoms with Gasteiger partial charge < -0.3 is 9.47 Å². The largest absolute Gasteiger partial charge is 0.510 e. The first-order valence-corrected chi connectivity index (χ1v) is 4.66. The highest BCUT2D eigenvalue weighted by Gasteiger charge is 2.16. The molecule has 0 aliphatic carbocycles. The van der Waals surface area contributed by atoms with Gasteiger partial charge in [0, 0.05) is 5.56 Å². The number of nitrogens with zero attached hydrogens (tertiary/aromatic N) is 1. The molecule has 1 rings (SSSR count). The van der Waals surface area contributed by atoms with Gasteiger partial charge in [-0.1, -0.05) is 43.0 Å². The van der Waals surface area contributed by atoms with Crippen LogP contribution in [0.15, 0.2) is 43.0 Å². The van der Waals surface area contributed by atoms with Crippen LogP contribution >= 0.6 is 0 Å². The van der Waals surface area contributed by atoms with Crippen LogP contribution in [0.1, 0.15) is 11.7 Å². The van der Waals surface area contributed by atoms with Crippen LogP contribution in [0, 0.1) is 11.3 Å². The fraction of sp³-hybridized carbons (Fsp3) is 0.167. The lowest BCUT2D eigenvalue weighted by molar-refractivity contribution is 0.0459. The molecule has 0 saturated carbocycles. The summed E-state index contributed by atoms with van der Waals surface area (Å²) in [5.74, 6) is 0. The summed E-state index contributed by atoms with van der Waals surface area (Å²) in [6, 6.07) is 10.6.